The lowest BCUT2D eigenvalue weighted by molar-refractivity contribution is 0.669. The molecule has 0 fully saturated rings. The summed E-state index contributed by atoms with van der Waals surface area (Å²) >= 11 is 0. The van der Waals surface area contributed by atoms with Crippen LogP contribution in [0, 0.1) is 0 Å². The molecule has 0 spiro atoms. The number of rotatable bonds is 4. The number of hydrogen-bond acceptors (Lipinski definition) is 1. The van der Waals surface area contributed by atoms with Crippen LogP contribution in [-0.4, -0.2) is 4.98 Å². The Morgan fingerprint density at radius 2 is 1.04 bits per heavy atom. The second kappa shape index (κ2) is 12.7. The Hall–Kier alpha value is -7.20. The van der Waals surface area contributed by atoms with Gasteiger partial charge in [0.05, 0.1) is 5.52 Å². The van der Waals surface area contributed by atoms with Crippen LogP contribution in [0.4, 0.5) is 0 Å². The zero-order valence-corrected chi connectivity index (χ0v) is 31.1. The molecule has 2 atom stereocenters. The van der Waals surface area contributed by atoms with Crippen LogP contribution < -0.4 is 5.32 Å². The van der Waals surface area contributed by atoms with Crippen molar-refractivity contribution in [2.75, 3.05) is 0 Å². The lowest BCUT2D eigenvalue weighted by atomic mass is 9.88. The van der Waals surface area contributed by atoms with Crippen molar-refractivity contribution in [2.45, 2.75) is 12.2 Å². The van der Waals surface area contributed by atoms with E-state index < -0.39 is 0 Å². The molecule has 1 aromatic heterocycles. The summed E-state index contributed by atoms with van der Waals surface area (Å²) in [6.45, 7) is 0. The summed E-state index contributed by atoms with van der Waals surface area (Å²) in [5.74, 6) is 0. The van der Waals surface area contributed by atoms with E-state index in [2.05, 4.69) is 204 Å². The molecular weight excluding hydrogens is 691 g/mol. The van der Waals surface area contributed by atoms with Crippen molar-refractivity contribution in [3.63, 3.8) is 0 Å². The van der Waals surface area contributed by atoms with Gasteiger partial charge in [-0.15, -0.1) is 0 Å². The largest absolute Gasteiger partial charge is 0.629 e. The highest BCUT2D eigenvalue weighted by atomic mass is 15.2. The zero-order valence-electron chi connectivity index (χ0n) is 31.1. The first-order valence-electron chi connectivity index (χ1n) is 19.8. The number of aromatic nitrogens is 1. The van der Waals surface area contributed by atoms with Gasteiger partial charge in [-0.05, 0) is 78.1 Å². The summed E-state index contributed by atoms with van der Waals surface area (Å²) < 4.78 is 0. The first kappa shape index (κ1) is 32.1. The smallest absolute Gasteiger partial charge is 0.0551 e. The first-order chi connectivity index (χ1) is 28.3. The normalized spacial score (nSPS) is 15.9. The van der Waals surface area contributed by atoms with Crippen LogP contribution in [0.3, 0.4) is 0 Å². The van der Waals surface area contributed by atoms with Crippen molar-refractivity contribution >= 4 is 81.4 Å². The molecule has 268 valence electrons. The van der Waals surface area contributed by atoms with Crippen LogP contribution in [0.1, 0.15) is 28.9 Å². The maximum Gasteiger partial charge on any atom is 0.0551 e. The monoisotopic (exact) mass is 726 g/mol. The topological polar surface area (TPSA) is 41.9 Å². The molecule has 2 heterocycles. The molecule has 1 aliphatic rings. The molecule has 57 heavy (non-hydrogen) atoms. The van der Waals surface area contributed by atoms with Gasteiger partial charge in [0.15, 0.2) is 0 Å². The number of hydrogen-bond donors (Lipinski definition) is 2. The third-order valence-corrected chi connectivity index (χ3v) is 12.2. The van der Waals surface area contributed by atoms with Crippen molar-refractivity contribution in [3.05, 3.63) is 216 Å². The van der Waals surface area contributed by atoms with Crippen molar-refractivity contribution in [1.29, 1.82) is 0 Å². The third-order valence-electron chi connectivity index (χ3n) is 12.2. The number of para-hydroxylation sites is 1. The Kier molecular flexibility index (Phi) is 7.13. The molecule has 0 bridgehead atoms. The number of aromatic amines is 1. The molecule has 2 unspecified atom stereocenters. The van der Waals surface area contributed by atoms with Gasteiger partial charge in [0, 0.05) is 38.3 Å². The van der Waals surface area contributed by atoms with Crippen molar-refractivity contribution in [2.24, 2.45) is 0 Å². The molecule has 10 aromatic carbocycles. The van der Waals surface area contributed by atoms with Crippen LogP contribution >= 0.6 is 0 Å². The summed E-state index contributed by atoms with van der Waals surface area (Å²) in [5, 5.41) is 24.4. The van der Waals surface area contributed by atoms with E-state index in [1.807, 2.05) is 0 Å². The van der Waals surface area contributed by atoms with Gasteiger partial charge in [-0.3, -0.25) is 0 Å². The standard InChI is InChI=1S/C54H36N3/c1-3-17-37-33(13-1)15-11-24-41(37)50-32-49(56-54(57-50)44-25-12-16-34-14-2-4-18-38(34)44)36-29-27-35(28-30-36)46-31-47-40-20-6-8-22-43(40)53-52(45-23-9-10-26-48(45)55-53)51(47)42-21-7-5-19-39(42)46/h1-32,49,54-55,57H/q-1. The maximum absolute atomic E-state index is 5.51. The first-order valence-corrected chi connectivity index (χ1v) is 19.8. The van der Waals surface area contributed by atoms with E-state index in [4.69, 9.17) is 5.32 Å². The van der Waals surface area contributed by atoms with Gasteiger partial charge < -0.3 is 15.6 Å². The number of nitrogens with zero attached hydrogens (tertiary/aromatic N) is 1. The van der Waals surface area contributed by atoms with Crippen LogP contribution in [-0.2, 0) is 0 Å². The van der Waals surface area contributed by atoms with Crippen molar-refractivity contribution < 1.29 is 0 Å². The zero-order chi connectivity index (χ0) is 37.5. The van der Waals surface area contributed by atoms with Crippen LogP contribution in [0.25, 0.3) is 97.8 Å². The van der Waals surface area contributed by atoms with Crippen LogP contribution in [0.15, 0.2) is 194 Å². The number of nitrogens with one attached hydrogen (secondary N) is 2. The summed E-state index contributed by atoms with van der Waals surface area (Å²) in [7, 11) is 0. The van der Waals surface area contributed by atoms with Gasteiger partial charge in [-0.2, -0.15) is 0 Å². The van der Waals surface area contributed by atoms with E-state index in [9.17, 15) is 0 Å². The van der Waals surface area contributed by atoms with E-state index in [1.165, 1.54) is 98.0 Å². The molecule has 0 radical (unpaired) electrons. The van der Waals surface area contributed by atoms with Gasteiger partial charge in [-0.1, -0.05) is 194 Å². The summed E-state index contributed by atoms with van der Waals surface area (Å²) in [6.07, 6.45) is 2.08. The second-order valence-corrected chi connectivity index (χ2v) is 15.3. The second-order valence-electron chi connectivity index (χ2n) is 15.3. The summed E-state index contributed by atoms with van der Waals surface area (Å²) in [4.78, 5) is 3.79. The fourth-order valence-electron chi connectivity index (χ4n) is 9.55. The van der Waals surface area contributed by atoms with Gasteiger partial charge in [0.2, 0.25) is 0 Å². The van der Waals surface area contributed by atoms with E-state index in [1.54, 1.807) is 0 Å². The molecule has 12 rings (SSSR count). The number of fused-ring (bicyclic) bond motifs is 12. The Morgan fingerprint density at radius 1 is 0.421 bits per heavy atom. The lowest BCUT2D eigenvalue weighted by Gasteiger charge is -2.45. The molecule has 0 saturated carbocycles. The Balaban J connectivity index is 1.02. The molecule has 0 amide bonds. The molecule has 3 nitrogen and oxygen atoms in total. The minimum atomic E-state index is -0.223. The van der Waals surface area contributed by atoms with Gasteiger partial charge in [-0.25, -0.2) is 0 Å². The molecular formula is C54H36N3-. The predicted octanol–water partition coefficient (Wildman–Crippen LogP) is 14.5. The molecule has 11 aromatic rings. The maximum atomic E-state index is 5.51. The van der Waals surface area contributed by atoms with E-state index >= 15 is 0 Å². The highest BCUT2D eigenvalue weighted by Gasteiger charge is 2.21. The van der Waals surface area contributed by atoms with Crippen LogP contribution in [0.5, 0.6) is 0 Å². The minimum absolute atomic E-state index is 0.148. The third kappa shape index (κ3) is 5.03. The fraction of sp³-hybridized carbons (Fsp3) is 0.0370. The van der Waals surface area contributed by atoms with Gasteiger partial charge in [0.1, 0.15) is 0 Å². The molecule has 0 saturated heterocycles. The number of benzene rings is 10. The van der Waals surface area contributed by atoms with Gasteiger partial charge >= 0.3 is 0 Å². The van der Waals surface area contributed by atoms with E-state index in [0.29, 0.717) is 0 Å². The average Bonchev–Trinajstić information content (AvgIpc) is 3.68. The van der Waals surface area contributed by atoms with Crippen molar-refractivity contribution in [3.8, 4) is 11.1 Å². The predicted molar refractivity (Wildman–Crippen MR) is 242 cm³/mol. The molecule has 3 heteroatoms. The Morgan fingerprint density at radius 3 is 1.84 bits per heavy atom. The highest BCUT2D eigenvalue weighted by molar-refractivity contribution is 6.37. The molecule has 1 aliphatic heterocycles. The van der Waals surface area contributed by atoms with E-state index in [0.717, 1.165) is 11.2 Å². The highest BCUT2D eigenvalue weighted by Crippen LogP contribution is 2.46. The molecule has 0 aliphatic carbocycles. The summed E-state index contributed by atoms with van der Waals surface area (Å²) in [5.41, 5.74) is 9.43. The Bertz CT molecular complexity index is 3420. The van der Waals surface area contributed by atoms with Gasteiger partial charge in [0.25, 0.3) is 0 Å². The molecule has 2 N–H and O–H groups in total. The lowest BCUT2D eigenvalue weighted by Crippen LogP contribution is -2.25. The minimum Gasteiger partial charge on any atom is -0.629 e. The number of H-pyrrole nitrogens is 1. The SMILES string of the molecule is C1=C(c2cccc3ccccc23)NC(c2cccc3ccccc23)[N-]C1c1ccc(-c2cc3c4ccccc4c4[nH]c5ccccc5c4c3c3ccccc23)cc1. The quantitative estimate of drug-likeness (QED) is 0.174. The van der Waals surface area contributed by atoms with E-state index in [-0.39, 0.29) is 12.2 Å². The fourth-order valence-corrected chi connectivity index (χ4v) is 9.55. The van der Waals surface area contributed by atoms with Crippen molar-refractivity contribution in [1.82, 2.24) is 10.3 Å². The Labute approximate surface area is 329 Å². The summed E-state index contributed by atoms with van der Waals surface area (Å²) in [6, 6.07) is 68.3. The van der Waals surface area contributed by atoms with Crippen LogP contribution in [0.2, 0.25) is 0 Å². The average molecular weight is 727 g/mol.